The molecule has 0 saturated heterocycles. The van der Waals surface area contributed by atoms with E-state index < -0.39 is 52.3 Å². The van der Waals surface area contributed by atoms with Gasteiger partial charge >= 0.3 is 11.9 Å². The standard InChI is InChI=1S/C19H14F5NO4/c1-2-28-18(26)11(9-10-7-5-3-4-6-8-10)25-29-19(27)12-13(20)15(22)17(24)16(23)14(12)21/h3-8,10H,2,9H2,1H3/b25-11-. The zero-order valence-corrected chi connectivity index (χ0v) is 14.9. The van der Waals surface area contributed by atoms with E-state index in [1.54, 1.807) is 36.5 Å². The SMILES string of the molecule is CCOC(=O)/C(CC1C=CC=CC=C1)=N\OC(=O)c1c(F)c(F)c(F)c(F)c1F. The Balaban J connectivity index is 2.31. The van der Waals surface area contributed by atoms with Crippen molar-refractivity contribution in [2.24, 2.45) is 11.1 Å². The minimum Gasteiger partial charge on any atom is -0.461 e. The minimum atomic E-state index is -2.42. The summed E-state index contributed by atoms with van der Waals surface area (Å²) in [4.78, 5) is 28.2. The maximum absolute atomic E-state index is 13.7. The minimum absolute atomic E-state index is 0.0403. The van der Waals surface area contributed by atoms with Crippen LogP contribution in [0.5, 0.6) is 0 Å². The molecule has 0 fully saturated rings. The van der Waals surface area contributed by atoms with Gasteiger partial charge < -0.3 is 9.57 Å². The highest BCUT2D eigenvalue weighted by atomic mass is 19.2. The van der Waals surface area contributed by atoms with Gasteiger partial charge in [-0.2, -0.15) is 0 Å². The van der Waals surface area contributed by atoms with Crippen molar-refractivity contribution in [3.05, 3.63) is 71.1 Å². The van der Waals surface area contributed by atoms with Crippen LogP contribution >= 0.6 is 0 Å². The van der Waals surface area contributed by atoms with E-state index in [4.69, 9.17) is 4.74 Å². The molecular formula is C19H14F5NO4. The zero-order valence-electron chi connectivity index (χ0n) is 14.9. The first-order valence-electron chi connectivity index (χ1n) is 8.26. The van der Waals surface area contributed by atoms with Crippen LogP contribution in [0, 0.1) is 35.0 Å². The quantitative estimate of drug-likeness (QED) is 0.133. The third-order valence-electron chi connectivity index (χ3n) is 3.64. The number of hydrogen-bond acceptors (Lipinski definition) is 5. The van der Waals surface area contributed by atoms with Gasteiger partial charge in [0.05, 0.1) is 6.61 Å². The Morgan fingerprint density at radius 3 is 1.93 bits per heavy atom. The fourth-order valence-electron chi connectivity index (χ4n) is 2.26. The van der Waals surface area contributed by atoms with Gasteiger partial charge in [0.1, 0.15) is 5.56 Å². The van der Waals surface area contributed by atoms with Crippen molar-refractivity contribution in [3.63, 3.8) is 0 Å². The number of nitrogens with zero attached hydrogens (tertiary/aromatic N) is 1. The molecule has 0 saturated carbocycles. The van der Waals surface area contributed by atoms with Crippen molar-refractivity contribution in [2.45, 2.75) is 13.3 Å². The first kappa shape index (κ1) is 22.0. The molecule has 10 heteroatoms. The van der Waals surface area contributed by atoms with E-state index in [1.807, 2.05) is 0 Å². The molecule has 0 radical (unpaired) electrons. The molecular weight excluding hydrogens is 401 g/mol. The van der Waals surface area contributed by atoms with Gasteiger partial charge in [0.25, 0.3) is 0 Å². The molecule has 29 heavy (non-hydrogen) atoms. The number of carbonyl (C=O) groups excluding carboxylic acids is 2. The lowest BCUT2D eigenvalue weighted by Gasteiger charge is -2.10. The number of ether oxygens (including phenoxy) is 1. The second-order valence-corrected chi connectivity index (χ2v) is 5.60. The molecule has 154 valence electrons. The van der Waals surface area contributed by atoms with E-state index in [9.17, 15) is 31.5 Å². The van der Waals surface area contributed by atoms with Gasteiger partial charge in [0, 0.05) is 12.3 Å². The van der Waals surface area contributed by atoms with Gasteiger partial charge in [0.2, 0.25) is 5.82 Å². The molecule has 0 bridgehead atoms. The Morgan fingerprint density at radius 1 is 0.897 bits per heavy atom. The Labute approximate surface area is 161 Å². The molecule has 0 aliphatic heterocycles. The van der Waals surface area contributed by atoms with Crippen LogP contribution in [-0.2, 0) is 14.4 Å². The van der Waals surface area contributed by atoms with E-state index in [1.165, 1.54) is 6.92 Å². The molecule has 1 aromatic carbocycles. The highest BCUT2D eigenvalue weighted by Crippen LogP contribution is 2.24. The lowest BCUT2D eigenvalue weighted by molar-refractivity contribution is -0.135. The Bertz CT molecular complexity index is 892. The van der Waals surface area contributed by atoms with Crippen molar-refractivity contribution >= 4 is 17.7 Å². The maximum atomic E-state index is 13.7. The second kappa shape index (κ2) is 9.76. The molecule has 0 unspecified atom stereocenters. The number of benzene rings is 1. The Morgan fingerprint density at radius 2 is 1.41 bits per heavy atom. The molecule has 0 aromatic heterocycles. The van der Waals surface area contributed by atoms with Crippen LogP contribution in [0.4, 0.5) is 22.0 Å². The van der Waals surface area contributed by atoms with Crippen molar-refractivity contribution in [3.8, 4) is 0 Å². The molecule has 0 N–H and O–H groups in total. The molecule has 0 heterocycles. The highest BCUT2D eigenvalue weighted by Gasteiger charge is 2.31. The smallest absolute Gasteiger partial charge is 0.371 e. The number of oxime groups is 1. The van der Waals surface area contributed by atoms with Gasteiger partial charge in [-0.05, 0) is 6.92 Å². The summed E-state index contributed by atoms with van der Waals surface area (Å²) in [7, 11) is 0. The van der Waals surface area contributed by atoms with Crippen molar-refractivity contribution in [1.29, 1.82) is 0 Å². The van der Waals surface area contributed by atoms with E-state index in [-0.39, 0.29) is 18.9 Å². The predicted octanol–water partition coefficient (Wildman–Crippen LogP) is 4.15. The Kier molecular flexibility index (Phi) is 7.40. The van der Waals surface area contributed by atoms with Crippen molar-refractivity contribution < 1.29 is 41.1 Å². The van der Waals surface area contributed by atoms with Gasteiger partial charge in [0.15, 0.2) is 29.0 Å². The summed E-state index contributed by atoms with van der Waals surface area (Å²) in [6.07, 6.45) is 10.1. The monoisotopic (exact) mass is 415 g/mol. The average Bonchev–Trinajstić information content (AvgIpc) is 2.97. The summed E-state index contributed by atoms with van der Waals surface area (Å²) in [5.41, 5.74) is -2.25. The van der Waals surface area contributed by atoms with Crippen molar-refractivity contribution in [2.75, 3.05) is 6.61 Å². The number of halogens is 5. The maximum Gasteiger partial charge on any atom is 0.371 e. The van der Waals surface area contributed by atoms with Crippen LogP contribution in [0.1, 0.15) is 23.7 Å². The van der Waals surface area contributed by atoms with Gasteiger partial charge in [-0.15, -0.1) is 0 Å². The average molecular weight is 415 g/mol. The molecule has 2 rings (SSSR count). The van der Waals surface area contributed by atoms with Crippen LogP contribution in [-0.4, -0.2) is 24.3 Å². The largest absolute Gasteiger partial charge is 0.461 e. The summed E-state index contributed by atoms with van der Waals surface area (Å²) < 4.78 is 71.7. The number of hydrogen-bond donors (Lipinski definition) is 0. The molecule has 0 amide bonds. The van der Waals surface area contributed by atoms with E-state index in [0.29, 0.717) is 0 Å². The Hall–Kier alpha value is -3.30. The molecule has 1 aliphatic carbocycles. The number of carbonyl (C=O) groups is 2. The normalized spacial score (nSPS) is 14.1. The van der Waals surface area contributed by atoms with E-state index in [2.05, 4.69) is 9.99 Å². The fourth-order valence-corrected chi connectivity index (χ4v) is 2.26. The van der Waals surface area contributed by atoms with Crippen LogP contribution in [0.15, 0.2) is 41.6 Å². The topological polar surface area (TPSA) is 65.0 Å². The zero-order chi connectivity index (χ0) is 21.6. The van der Waals surface area contributed by atoms with Gasteiger partial charge in [-0.1, -0.05) is 41.6 Å². The summed E-state index contributed by atoms with van der Waals surface area (Å²) in [6, 6.07) is 0. The number of rotatable bonds is 6. The molecule has 0 spiro atoms. The molecule has 0 atom stereocenters. The van der Waals surface area contributed by atoms with Crippen molar-refractivity contribution in [1.82, 2.24) is 0 Å². The first-order chi connectivity index (χ1) is 13.8. The van der Waals surface area contributed by atoms with E-state index >= 15 is 0 Å². The lowest BCUT2D eigenvalue weighted by atomic mass is 10.0. The molecule has 5 nitrogen and oxygen atoms in total. The third-order valence-corrected chi connectivity index (χ3v) is 3.64. The number of esters is 1. The number of allylic oxidation sites excluding steroid dienone is 6. The predicted molar refractivity (Wildman–Crippen MR) is 91.2 cm³/mol. The summed E-state index contributed by atoms with van der Waals surface area (Å²) in [6.45, 7) is 1.47. The van der Waals surface area contributed by atoms with Crippen LogP contribution in [0.3, 0.4) is 0 Å². The highest BCUT2D eigenvalue weighted by molar-refractivity contribution is 6.36. The van der Waals surface area contributed by atoms with Crippen LogP contribution in [0.25, 0.3) is 0 Å². The lowest BCUT2D eigenvalue weighted by Crippen LogP contribution is -2.21. The summed E-state index contributed by atoms with van der Waals surface area (Å²) in [5.74, 6) is -15.1. The van der Waals surface area contributed by atoms with Gasteiger partial charge in [-0.3, -0.25) is 0 Å². The van der Waals surface area contributed by atoms with Gasteiger partial charge in [-0.25, -0.2) is 31.5 Å². The fraction of sp³-hybridized carbons (Fsp3) is 0.211. The van der Waals surface area contributed by atoms with Crippen LogP contribution in [0.2, 0.25) is 0 Å². The summed E-state index contributed by atoms with van der Waals surface area (Å²) in [5, 5.41) is 3.24. The molecule has 1 aliphatic rings. The van der Waals surface area contributed by atoms with Crippen LogP contribution < -0.4 is 0 Å². The third kappa shape index (κ3) is 5.15. The molecule has 1 aromatic rings. The van der Waals surface area contributed by atoms with E-state index in [0.717, 1.165) is 0 Å². The first-order valence-corrected chi connectivity index (χ1v) is 8.26. The second-order valence-electron chi connectivity index (χ2n) is 5.60. The summed E-state index contributed by atoms with van der Waals surface area (Å²) >= 11 is 0.